The second kappa shape index (κ2) is 6.94. The molecule has 0 aliphatic carbocycles. The highest BCUT2D eigenvalue weighted by atomic mass is 16.3. The molecule has 0 aromatic carbocycles. The van der Waals surface area contributed by atoms with Crippen LogP contribution < -0.4 is 5.32 Å². The predicted molar refractivity (Wildman–Crippen MR) is 69.9 cm³/mol. The summed E-state index contributed by atoms with van der Waals surface area (Å²) in [6.45, 7) is 5.87. The molecule has 1 aromatic rings. The van der Waals surface area contributed by atoms with E-state index in [1.54, 1.807) is 19.9 Å². The summed E-state index contributed by atoms with van der Waals surface area (Å²) in [4.78, 5) is 25.1. The van der Waals surface area contributed by atoms with E-state index in [1.807, 2.05) is 6.92 Å². The number of carbonyl (C=O) groups excluding carboxylic acids is 2. The Morgan fingerprint density at radius 2 is 2.11 bits per heavy atom. The summed E-state index contributed by atoms with van der Waals surface area (Å²) < 4.78 is 5.26. The Bertz CT molecular complexity index is 453. The molecule has 0 aliphatic rings. The van der Waals surface area contributed by atoms with E-state index in [0.717, 1.165) is 0 Å². The lowest BCUT2D eigenvalue weighted by Crippen LogP contribution is -2.41. The van der Waals surface area contributed by atoms with Gasteiger partial charge in [-0.05, 0) is 26.8 Å². The Labute approximate surface area is 112 Å². The number of furan rings is 1. The van der Waals surface area contributed by atoms with Crippen LogP contribution in [0.15, 0.2) is 10.5 Å². The second-order valence-corrected chi connectivity index (χ2v) is 4.21. The maximum Gasteiger partial charge on any atom is 0.255 e. The van der Waals surface area contributed by atoms with Crippen molar-refractivity contribution in [3.63, 3.8) is 0 Å². The van der Waals surface area contributed by atoms with E-state index in [9.17, 15) is 9.59 Å². The van der Waals surface area contributed by atoms with Crippen LogP contribution in [-0.2, 0) is 4.79 Å². The molecule has 0 saturated heterocycles. The summed E-state index contributed by atoms with van der Waals surface area (Å²) in [5.41, 5.74) is 0.440. The Morgan fingerprint density at radius 1 is 1.42 bits per heavy atom. The molecule has 6 heteroatoms. The number of amides is 2. The van der Waals surface area contributed by atoms with Crippen LogP contribution in [0.3, 0.4) is 0 Å². The Morgan fingerprint density at radius 3 is 2.58 bits per heavy atom. The van der Waals surface area contributed by atoms with E-state index in [1.165, 1.54) is 4.90 Å². The number of aryl methyl sites for hydroxylation is 2. The fourth-order valence-electron chi connectivity index (χ4n) is 1.80. The number of carbonyl (C=O) groups is 2. The largest absolute Gasteiger partial charge is 0.466 e. The third-order valence-corrected chi connectivity index (χ3v) is 2.79. The molecule has 0 spiro atoms. The third kappa shape index (κ3) is 4.10. The number of nitrogens with one attached hydrogen (secondary N) is 1. The van der Waals surface area contributed by atoms with Gasteiger partial charge >= 0.3 is 0 Å². The van der Waals surface area contributed by atoms with E-state index in [0.29, 0.717) is 23.6 Å². The normalized spacial score (nSPS) is 10.3. The molecule has 0 fully saturated rings. The zero-order valence-electron chi connectivity index (χ0n) is 11.5. The molecule has 6 nitrogen and oxygen atoms in total. The first kappa shape index (κ1) is 15.2. The zero-order chi connectivity index (χ0) is 14.4. The monoisotopic (exact) mass is 268 g/mol. The van der Waals surface area contributed by atoms with Gasteiger partial charge in [0.05, 0.1) is 18.7 Å². The fraction of sp³-hybridized carbons (Fsp3) is 0.538. The van der Waals surface area contributed by atoms with E-state index < -0.39 is 0 Å². The van der Waals surface area contributed by atoms with E-state index >= 15 is 0 Å². The van der Waals surface area contributed by atoms with Gasteiger partial charge in [-0.25, -0.2) is 0 Å². The third-order valence-electron chi connectivity index (χ3n) is 2.79. The highest BCUT2D eigenvalue weighted by Gasteiger charge is 2.16. The minimum absolute atomic E-state index is 0.0870. The molecule has 2 amide bonds. The molecule has 0 radical (unpaired) electrons. The van der Waals surface area contributed by atoms with E-state index in [2.05, 4.69) is 5.32 Å². The van der Waals surface area contributed by atoms with Gasteiger partial charge in [0.2, 0.25) is 5.91 Å². The smallest absolute Gasteiger partial charge is 0.255 e. The SMILES string of the molecule is CCN(CCO)C(=O)CNC(=O)c1cc(C)oc1C. The Kier molecular flexibility index (Phi) is 5.57. The highest BCUT2D eigenvalue weighted by Crippen LogP contribution is 2.13. The molecule has 1 aromatic heterocycles. The van der Waals surface area contributed by atoms with Gasteiger partial charge in [0, 0.05) is 13.1 Å². The summed E-state index contributed by atoms with van der Waals surface area (Å²) in [7, 11) is 0. The van der Waals surface area contributed by atoms with Crippen molar-refractivity contribution in [2.45, 2.75) is 20.8 Å². The number of hydrogen-bond acceptors (Lipinski definition) is 4. The summed E-state index contributed by atoms with van der Waals surface area (Å²) in [6, 6.07) is 1.64. The van der Waals surface area contributed by atoms with Gasteiger partial charge in [0.25, 0.3) is 5.91 Å². The van der Waals surface area contributed by atoms with Gasteiger partial charge in [-0.1, -0.05) is 0 Å². The number of nitrogens with zero attached hydrogens (tertiary/aromatic N) is 1. The van der Waals surface area contributed by atoms with Crippen molar-refractivity contribution in [1.29, 1.82) is 0 Å². The van der Waals surface area contributed by atoms with Crippen LogP contribution in [0, 0.1) is 13.8 Å². The lowest BCUT2D eigenvalue weighted by atomic mass is 10.2. The number of aliphatic hydroxyl groups is 1. The molecule has 0 bridgehead atoms. The van der Waals surface area contributed by atoms with Gasteiger partial charge in [-0.3, -0.25) is 9.59 Å². The molecular formula is C13H20N2O4. The summed E-state index contributed by atoms with van der Waals surface area (Å²) in [6.07, 6.45) is 0. The van der Waals surface area contributed by atoms with Crippen molar-refractivity contribution in [2.75, 3.05) is 26.2 Å². The first-order valence-electron chi connectivity index (χ1n) is 6.23. The van der Waals surface area contributed by atoms with Gasteiger partial charge in [0.15, 0.2) is 0 Å². The minimum atomic E-state index is -0.331. The average Bonchev–Trinajstić information content (AvgIpc) is 2.71. The Hall–Kier alpha value is -1.82. The molecule has 1 heterocycles. The molecule has 2 N–H and O–H groups in total. The van der Waals surface area contributed by atoms with Crippen molar-refractivity contribution >= 4 is 11.8 Å². The van der Waals surface area contributed by atoms with Crippen molar-refractivity contribution in [3.8, 4) is 0 Å². The van der Waals surface area contributed by atoms with Crippen LogP contribution in [0.2, 0.25) is 0 Å². The van der Waals surface area contributed by atoms with Gasteiger partial charge in [-0.2, -0.15) is 0 Å². The molecule has 19 heavy (non-hydrogen) atoms. The molecule has 0 atom stereocenters. The van der Waals surface area contributed by atoms with Crippen LogP contribution in [0.4, 0.5) is 0 Å². The molecule has 0 unspecified atom stereocenters. The van der Waals surface area contributed by atoms with Crippen molar-refractivity contribution in [3.05, 3.63) is 23.2 Å². The standard InChI is InChI=1S/C13H20N2O4/c1-4-15(5-6-16)12(17)8-14-13(18)11-7-9(2)19-10(11)3/h7,16H,4-6,8H2,1-3H3,(H,14,18). The van der Waals surface area contributed by atoms with Crippen molar-refractivity contribution in [2.24, 2.45) is 0 Å². The van der Waals surface area contributed by atoms with Crippen LogP contribution in [-0.4, -0.2) is 48.1 Å². The first-order chi connectivity index (χ1) is 8.99. The van der Waals surface area contributed by atoms with E-state index in [4.69, 9.17) is 9.52 Å². The lowest BCUT2D eigenvalue weighted by Gasteiger charge is -2.19. The molecule has 0 aliphatic heterocycles. The zero-order valence-corrected chi connectivity index (χ0v) is 11.5. The van der Waals surface area contributed by atoms with Crippen molar-refractivity contribution < 1.29 is 19.1 Å². The molecule has 1 rings (SSSR count). The number of hydrogen-bond donors (Lipinski definition) is 2. The number of rotatable bonds is 6. The van der Waals surface area contributed by atoms with Crippen LogP contribution in [0.1, 0.15) is 28.8 Å². The van der Waals surface area contributed by atoms with Crippen LogP contribution in [0.25, 0.3) is 0 Å². The first-order valence-corrected chi connectivity index (χ1v) is 6.23. The average molecular weight is 268 g/mol. The van der Waals surface area contributed by atoms with Crippen molar-refractivity contribution in [1.82, 2.24) is 10.2 Å². The van der Waals surface area contributed by atoms with E-state index in [-0.39, 0.29) is 31.5 Å². The molecule has 106 valence electrons. The minimum Gasteiger partial charge on any atom is -0.466 e. The number of aliphatic hydroxyl groups excluding tert-OH is 1. The summed E-state index contributed by atoms with van der Waals surface area (Å²) in [5, 5.41) is 11.4. The van der Waals surface area contributed by atoms with Crippen LogP contribution >= 0.6 is 0 Å². The Balaban J connectivity index is 2.54. The maximum absolute atomic E-state index is 11.9. The van der Waals surface area contributed by atoms with Crippen LogP contribution in [0.5, 0.6) is 0 Å². The molecule has 0 saturated carbocycles. The lowest BCUT2D eigenvalue weighted by molar-refractivity contribution is -0.130. The predicted octanol–water partition coefficient (Wildman–Crippen LogP) is 0.467. The summed E-state index contributed by atoms with van der Waals surface area (Å²) >= 11 is 0. The fourth-order valence-corrected chi connectivity index (χ4v) is 1.80. The van der Waals surface area contributed by atoms with Gasteiger partial charge in [-0.15, -0.1) is 0 Å². The summed E-state index contributed by atoms with van der Waals surface area (Å²) in [5.74, 6) is 0.639. The molecular weight excluding hydrogens is 248 g/mol. The topological polar surface area (TPSA) is 82.8 Å². The van der Waals surface area contributed by atoms with Gasteiger partial charge < -0.3 is 19.7 Å². The maximum atomic E-state index is 11.9. The van der Waals surface area contributed by atoms with Gasteiger partial charge in [0.1, 0.15) is 11.5 Å². The quantitative estimate of drug-likeness (QED) is 0.785. The number of likely N-dealkylation sites (N-methyl/N-ethyl adjacent to an activating group) is 1. The highest BCUT2D eigenvalue weighted by molar-refractivity contribution is 5.97. The second-order valence-electron chi connectivity index (χ2n) is 4.21.